The topological polar surface area (TPSA) is 38.3 Å². The fourth-order valence-corrected chi connectivity index (χ4v) is 1.90. The lowest BCUT2D eigenvalue weighted by Crippen LogP contribution is -2.06. The van der Waals surface area contributed by atoms with Gasteiger partial charge in [-0.1, -0.05) is 0 Å². The molecule has 0 unspecified atom stereocenters. The van der Waals surface area contributed by atoms with Crippen LogP contribution in [0.15, 0.2) is 21.1 Å². The quantitative estimate of drug-likeness (QED) is 0.908. The van der Waals surface area contributed by atoms with Gasteiger partial charge >= 0.3 is 0 Å². The first-order valence-corrected chi connectivity index (χ1v) is 5.44. The number of ether oxygens (including phenoxy) is 1. The highest BCUT2D eigenvalue weighted by atomic mass is 79.9. The van der Waals surface area contributed by atoms with Gasteiger partial charge in [-0.2, -0.15) is 0 Å². The predicted octanol–water partition coefficient (Wildman–Crippen LogP) is 3.18. The fourth-order valence-electron chi connectivity index (χ4n) is 0.970. The van der Waals surface area contributed by atoms with Crippen LogP contribution in [0.5, 0.6) is 5.75 Å². The summed E-state index contributed by atoms with van der Waals surface area (Å²) < 4.78 is 6.68. The predicted molar refractivity (Wildman–Crippen MR) is 62.7 cm³/mol. The van der Waals surface area contributed by atoms with E-state index in [9.17, 15) is 4.79 Å². The molecule has 14 heavy (non-hydrogen) atoms. The second-order valence-electron chi connectivity index (χ2n) is 2.65. The maximum Gasteiger partial charge on any atom is 0.221 e. The van der Waals surface area contributed by atoms with Crippen LogP contribution in [0.1, 0.15) is 6.92 Å². The van der Waals surface area contributed by atoms with Gasteiger partial charge in [0.1, 0.15) is 5.75 Å². The van der Waals surface area contributed by atoms with Crippen LogP contribution in [0.3, 0.4) is 0 Å². The number of anilines is 1. The Morgan fingerprint density at radius 3 is 2.50 bits per heavy atom. The molecule has 76 valence electrons. The number of carbonyl (C=O) groups is 1. The summed E-state index contributed by atoms with van der Waals surface area (Å²) in [5, 5.41) is 2.69. The largest absolute Gasteiger partial charge is 0.496 e. The van der Waals surface area contributed by atoms with Crippen molar-refractivity contribution in [2.45, 2.75) is 6.92 Å². The van der Waals surface area contributed by atoms with E-state index in [4.69, 9.17) is 4.74 Å². The van der Waals surface area contributed by atoms with Crippen molar-refractivity contribution in [1.82, 2.24) is 0 Å². The summed E-state index contributed by atoms with van der Waals surface area (Å²) >= 11 is 6.67. The highest BCUT2D eigenvalue weighted by Crippen LogP contribution is 2.34. The molecule has 0 heterocycles. The highest BCUT2D eigenvalue weighted by molar-refractivity contribution is 9.11. The van der Waals surface area contributed by atoms with E-state index in [2.05, 4.69) is 37.2 Å². The van der Waals surface area contributed by atoms with Gasteiger partial charge in [-0.3, -0.25) is 4.79 Å². The third-order valence-corrected chi connectivity index (χ3v) is 2.83. The molecule has 1 aromatic rings. The molecule has 0 saturated carbocycles. The Balaban J connectivity index is 3.08. The van der Waals surface area contributed by atoms with Gasteiger partial charge < -0.3 is 10.1 Å². The molecule has 1 amide bonds. The molecule has 0 aliphatic carbocycles. The van der Waals surface area contributed by atoms with Crippen LogP contribution in [0.2, 0.25) is 0 Å². The molecule has 5 heteroatoms. The lowest BCUT2D eigenvalue weighted by Gasteiger charge is -2.09. The summed E-state index contributed by atoms with van der Waals surface area (Å²) in [4.78, 5) is 10.9. The zero-order chi connectivity index (χ0) is 10.7. The molecule has 0 radical (unpaired) electrons. The SMILES string of the molecule is COc1cc(Br)c(NC(C)=O)cc1Br. The van der Waals surface area contributed by atoms with Crippen molar-refractivity contribution in [3.63, 3.8) is 0 Å². The Morgan fingerprint density at radius 2 is 2.00 bits per heavy atom. The van der Waals surface area contributed by atoms with E-state index in [0.717, 1.165) is 8.95 Å². The Morgan fingerprint density at radius 1 is 1.36 bits per heavy atom. The average Bonchev–Trinajstić information content (AvgIpc) is 2.10. The fraction of sp³-hybridized carbons (Fsp3) is 0.222. The number of hydrogen-bond donors (Lipinski definition) is 1. The van der Waals surface area contributed by atoms with E-state index in [0.29, 0.717) is 11.4 Å². The smallest absolute Gasteiger partial charge is 0.221 e. The number of methoxy groups -OCH3 is 1. The minimum Gasteiger partial charge on any atom is -0.496 e. The number of amides is 1. The second-order valence-corrected chi connectivity index (χ2v) is 4.36. The minimum atomic E-state index is -0.109. The normalized spacial score (nSPS) is 9.71. The summed E-state index contributed by atoms with van der Waals surface area (Å²) in [6.07, 6.45) is 0. The molecular formula is C9H9Br2NO2. The average molecular weight is 323 g/mol. The highest BCUT2D eigenvalue weighted by Gasteiger charge is 2.07. The molecule has 0 atom stereocenters. The Bertz CT molecular complexity index is 366. The molecule has 3 nitrogen and oxygen atoms in total. The van der Waals surface area contributed by atoms with Crippen LogP contribution in [0, 0.1) is 0 Å². The zero-order valence-electron chi connectivity index (χ0n) is 7.73. The maximum atomic E-state index is 10.9. The molecule has 0 aromatic heterocycles. The number of benzene rings is 1. The van der Waals surface area contributed by atoms with Gasteiger partial charge in [0.25, 0.3) is 0 Å². The first kappa shape index (κ1) is 11.5. The van der Waals surface area contributed by atoms with Crippen molar-refractivity contribution in [3.8, 4) is 5.75 Å². The molecule has 0 aliphatic rings. The molecule has 1 N–H and O–H groups in total. The molecule has 1 aromatic carbocycles. The van der Waals surface area contributed by atoms with Crippen LogP contribution >= 0.6 is 31.9 Å². The third kappa shape index (κ3) is 2.72. The van der Waals surface area contributed by atoms with Gasteiger partial charge in [0.2, 0.25) is 5.91 Å². The molecule has 0 aliphatic heterocycles. The monoisotopic (exact) mass is 321 g/mol. The van der Waals surface area contributed by atoms with E-state index in [1.54, 1.807) is 19.2 Å². The Hall–Kier alpha value is -0.550. The molecule has 1 rings (SSSR count). The number of hydrogen-bond acceptors (Lipinski definition) is 2. The molecule has 0 bridgehead atoms. The zero-order valence-corrected chi connectivity index (χ0v) is 10.9. The lowest BCUT2D eigenvalue weighted by atomic mass is 10.3. The van der Waals surface area contributed by atoms with Crippen molar-refractivity contribution in [1.29, 1.82) is 0 Å². The van der Waals surface area contributed by atoms with Gasteiger partial charge in [0.05, 0.1) is 17.3 Å². The van der Waals surface area contributed by atoms with Crippen molar-refractivity contribution < 1.29 is 9.53 Å². The van der Waals surface area contributed by atoms with Crippen LogP contribution in [-0.2, 0) is 4.79 Å². The summed E-state index contributed by atoms with van der Waals surface area (Å²) in [6.45, 7) is 1.46. The van der Waals surface area contributed by atoms with Crippen molar-refractivity contribution in [3.05, 3.63) is 21.1 Å². The lowest BCUT2D eigenvalue weighted by molar-refractivity contribution is -0.114. The van der Waals surface area contributed by atoms with E-state index < -0.39 is 0 Å². The maximum absolute atomic E-state index is 10.9. The minimum absolute atomic E-state index is 0.109. The Kier molecular flexibility index (Phi) is 3.95. The molecule has 0 saturated heterocycles. The van der Waals surface area contributed by atoms with Crippen molar-refractivity contribution >= 4 is 43.5 Å². The summed E-state index contributed by atoms with van der Waals surface area (Å²) in [5.74, 6) is 0.605. The first-order chi connectivity index (χ1) is 6.54. The van der Waals surface area contributed by atoms with Gasteiger partial charge in [0.15, 0.2) is 0 Å². The van der Waals surface area contributed by atoms with Crippen LogP contribution < -0.4 is 10.1 Å². The molecular weight excluding hydrogens is 314 g/mol. The third-order valence-electron chi connectivity index (χ3n) is 1.55. The Labute approximate surface area is 99.1 Å². The number of rotatable bonds is 2. The van der Waals surface area contributed by atoms with E-state index in [1.165, 1.54) is 6.92 Å². The van der Waals surface area contributed by atoms with E-state index >= 15 is 0 Å². The van der Waals surface area contributed by atoms with Crippen LogP contribution in [0.4, 0.5) is 5.69 Å². The standard InChI is InChI=1S/C9H9Br2NO2/c1-5(13)12-8-3-7(11)9(14-2)4-6(8)10/h3-4H,1-2H3,(H,12,13). The van der Waals surface area contributed by atoms with Crippen molar-refractivity contribution in [2.24, 2.45) is 0 Å². The van der Waals surface area contributed by atoms with Crippen LogP contribution in [-0.4, -0.2) is 13.0 Å². The second kappa shape index (κ2) is 4.79. The first-order valence-electron chi connectivity index (χ1n) is 3.85. The van der Waals surface area contributed by atoms with Gasteiger partial charge in [-0.15, -0.1) is 0 Å². The van der Waals surface area contributed by atoms with Gasteiger partial charge in [0, 0.05) is 11.4 Å². The van der Waals surface area contributed by atoms with Gasteiger partial charge in [-0.25, -0.2) is 0 Å². The summed E-state index contributed by atoms with van der Waals surface area (Å²) in [6, 6.07) is 3.57. The van der Waals surface area contributed by atoms with Crippen molar-refractivity contribution in [2.75, 3.05) is 12.4 Å². The molecule has 0 fully saturated rings. The van der Waals surface area contributed by atoms with E-state index in [1.807, 2.05) is 0 Å². The van der Waals surface area contributed by atoms with Gasteiger partial charge in [-0.05, 0) is 44.0 Å². The number of carbonyl (C=O) groups excluding carboxylic acids is 1. The number of nitrogens with one attached hydrogen (secondary N) is 1. The molecule has 0 spiro atoms. The van der Waals surface area contributed by atoms with E-state index in [-0.39, 0.29) is 5.91 Å². The summed E-state index contributed by atoms with van der Waals surface area (Å²) in [7, 11) is 1.59. The number of halogens is 2. The summed E-state index contributed by atoms with van der Waals surface area (Å²) in [5.41, 5.74) is 0.713. The van der Waals surface area contributed by atoms with Crippen LogP contribution in [0.25, 0.3) is 0 Å².